The molecule has 1 aromatic carbocycles. The molecule has 0 spiro atoms. The van der Waals surface area contributed by atoms with Crippen LogP contribution in [0.15, 0.2) is 29.4 Å². The molecule has 1 fully saturated rings. The Labute approximate surface area is 131 Å². The predicted octanol–water partition coefficient (Wildman–Crippen LogP) is 2.40. The number of thioether (sulfide) groups is 1. The van der Waals surface area contributed by atoms with Gasteiger partial charge in [0.05, 0.1) is 22.5 Å². The average Bonchev–Trinajstić information content (AvgIpc) is 2.73. The molecule has 0 saturated carbocycles. The molecule has 0 radical (unpaired) electrons. The van der Waals surface area contributed by atoms with Crippen molar-refractivity contribution >= 4 is 50.7 Å². The number of anilines is 1. The van der Waals surface area contributed by atoms with Crippen LogP contribution in [-0.2, 0) is 14.7 Å². The molecule has 1 saturated heterocycles. The molecular formula is C12H13ClN2O4S2. The number of carbonyl (C=O) groups is 1. The fourth-order valence-corrected chi connectivity index (χ4v) is 5.04. The lowest BCUT2D eigenvalue weighted by Crippen LogP contribution is -2.17. The van der Waals surface area contributed by atoms with Crippen LogP contribution >= 0.6 is 23.4 Å². The Morgan fingerprint density at radius 1 is 1.43 bits per heavy atom. The lowest BCUT2D eigenvalue weighted by Gasteiger charge is -2.05. The quantitative estimate of drug-likeness (QED) is 0.669. The van der Waals surface area contributed by atoms with Crippen molar-refractivity contribution in [3.8, 4) is 0 Å². The summed E-state index contributed by atoms with van der Waals surface area (Å²) in [6, 6.07) is 6.47. The van der Waals surface area contributed by atoms with Gasteiger partial charge in [0.1, 0.15) is 0 Å². The van der Waals surface area contributed by atoms with E-state index < -0.39 is 15.9 Å². The average molecular weight is 349 g/mol. The Balaban J connectivity index is 1.97. The topological polar surface area (TPSA) is 84.8 Å². The first-order valence-corrected chi connectivity index (χ1v) is 9.42. The summed E-state index contributed by atoms with van der Waals surface area (Å²) in [6.45, 7) is 0. The van der Waals surface area contributed by atoms with Crippen LogP contribution in [0.4, 0.5) is 10.5 Å². The Bertz CT molecular complexity index is 658. The zero-order chi connectivity index (χ0) is 15.5. The van der Waals surface area contributed by atoms with Crippen molar-refractivity contribution in [1.29, 1.82) is 0 Å². The van der Waals surface area contributed by atoms with Crippen LogP contribution in [0.5, 0.6) is 0 Å². The second-order valence-electron chi connectivity index (χ2n) is 4.37. The summed E-state index contributed by atoms with van der Waals surface area (Å²) in [5, 5.41) is 6.41. The van der Waals surface area contributed by atoms with Gasteiger partial charge in [-0.05, 0) is 30.5 Å². The molecule has 1 aliphatic rings. The summed E-state index contributed by atoms with van der Waals surface area (Å²) in [7, 11) is -3.15. The molecule has 1 N–H and O–H groups in total. The van der Waals surface area contributed by atoms with E-state index in [4.69, 9.17) is 16.4 Å². The van der Waals surface area contributed by atoms with Gasteiger partial charge in [0.25, 0.3) is 0 Å². The molecule has 2 rings (SSSR count). The van der Waals surface area contributed by atoms with Gasteiger partial charge in [-0.25, -0.2) is 13.2 Å². The maximum atomic E-state index is 11.6. The highest BCUT2D eigenvalue weighted by atomic mass is 35.5. The largest absolute Gasteiger partial charge is 0.437 e. The number of hydrogen-bond donors (Lipinski definition) is 1. The second kappa shape index (κ2) is 6.67. The maximum absolute atomic E-state index is 11.6. The van der Waals surface area contributed by atoms with Crippen molar-refractivity contribution in [3.63, 3.8) is 0 Å². The van der Waals surface area contributed by atoms with E-state index in [1.54, 1.807) is 30.5 Å². The number of amides is 1. The molecule has 0 unspecified atom stereocenters. The third-order valence-corrected chi connectivity index (χ3v) is 5.81. The van der Waals surface area contributed by atoms with Crippen LogP contribution in [0, 0.1) is 0 Å². The number of hydrogen-bond acceptors (Lipinski definition) is 6. The predicted molar refractivity (Wildman–Crippen MR) is 84.9 cm³/mol. The lowest BCUT2D eigenvalue weighted by atomic mass is 10.3. The smallest absolute Gasteiger partial charge is 0.298 e. The van der Waals surface area contributed by atoms with Crippen molar-refractivity contribution < 1.29 is 18.0 Å². The van der Waals surface area contributed by atoms with Gasteiger partial charge < -0.3 is 0 Å². The highest BCUT2D eigenvalue weighted by Gasteiger charge is 2.34. The van der Waals surface area contributed by atoms with E-state index >= 15 is 0 Å². The molecule has 1 aromatic rings. The number of nitrogens with zero attached hydrogens (tertiary/aromatic N) is 1. The van der Waals surface area contributed by atoms with Crippen LogP contribution in [-0.4, -0.2) is 43.2 Å². The molecule has 1 heterocycles. The summed E-state index contributed by atoms with van der Waals surface area (Å²) in [5.41, 5.74) is 0.860. The third-order valence-electron chi connectivity index (χ3n) is 2.77. The molecule has 0 bridgehead atoms. The number of benzene rings is 1. The van der Waals surface area contributed by atoms with Crippen LogP contribution in [0.25, 0.3) is 0 Å². The Hall–Kier alpha value is -1.25. The zero-order valence-corrected chi connectivity index (χ0v) is 13.5. The molecular weight excluding hydrogens is 336 g/mol. The van der Waals surface area contributed by atoms with Gasteiger partial charge in [-0.2, -0.15) is 11.8 Å². The van der Waals surface area contributed by atoms with Crippen molar-refractivity contribution in [2.24, 2.45) is 5.16 Å². The minimum Gasteiger partial charge on any atom is -0.298 e. The van der Waals surface area contributed by atoms with Crippen molar-refractivity contribution in [2.75, 3.05) is 23.1 Å². The summed E-state index contributed by atoms with van der Waals surface area (Å²) in [5.74, 6) is -0.151. The minimum absolute atomic E-state index is 0.0230. The second-order valence-corrected chi connectivity index (χ2v) is 7.96. The van der Waals surface area contributed by atoms with Crippen molar-refractivity contribution in [3.05, 3.63) is 29.3 Å². The minimum atomic E-state index is -3.15. The van der Waals surface area contributed by atoms with Crippen LogP contribution in [0.1, 0.15) is 0 Å². The third kappa shape index (κ3) is 4.62. The Morgan fingerprint density at radius 2 is 2.10 bits per heavy atom. The van der Waals surface area contributed by atoms with E-state index in [0.717, 1.165) is 0 Å². The van der Waals surface area contributed by atoms with Gasteiger partial charge in [-0.15, -0.1) is 0 Å². The molecule has 9 heteroatoms. The van der Waals surface area contributed by atoms with Gasteiger partial charge in [0, 0.05) is 10.7 Å². The molecule has 0 aliphatic carbocycles. The maximum Gasteiger partial charge on any atom is 0.437 e. The highest BCUT2D eigenvalue weighted by Crippen LogP contribution is 2.20. The van der Waals surface area contributed by atoms with Crippen LogP contribution in [0.2, 0.25) is 5.02 Å². The fourth-order valence-electron chi connectivity index (χ4n) is 1.77. The van der Waals surface area contributed by atoms with E-state index in [-0.39, 0.29) is 16.8 Å². The molecule has 6 nitrogen and oxygen atoms in total. The zero-order valence-electron chi connectivity index (χ0n) is 11.1. The molecule has 114 valence electrons. The number of oxime groups is 1. The lowest BCUT2D eigenvalue weighted by molar-refractivity contribution is 0.166. The Morgan fingerprint density at radius 3 is 2.71 bits per heavy atom. The normalized spacial score (nSPS) is 22.2. The molecule has 1 amide bonds. The van der Waals surface area contributed by atoms with E-state index in [9.17, 15) is 13.2 Å². The van der Waals surface area contributed by atoms with E-state index in [0.29, 0.717) is 16.4 Å². The Kier molecular flexibility index (Phi) is 5.13. The molecule has 0 aromatic heterocycles. The summed E-state index contributed by atoms with van der Waals surface area (Å²) in [6.07, 6.45) is 1.00. The van der Waals surface area contributed by atoms with Crippen LogP contribution in [0.3, 0.4) is 0 Å². The van der Waals surface area contributed by atoms with Gasteiger partial charge >= 0.3 is 6.09 Å². The summed E-state index contributed by atoms with van der Waals surface area (Å²) < 4.78 is 23.0. The first-order chi connectivity index (χ1) is 9.89. The molecule has 21 heavy (non-hydrogen) atoms. The SMILES string of the molecule is CS[C@H]1CS(=O)(=O)C/C1=N/OC(=O)Nc1ccc(Cl)cc1. The van der Waals surface area contributed by atoms with E-state index in [1.165, 1.54) is 11.8 Å². The number of rotatable bonds is 3. The first kappa shape index (κ1) is 16.1. The van der Waals surface area contributed by atoms with Crippen molar-refractivity contribution in [1.82, 2.24) is 0 Å². The summed E-state index contributed by atoms with van der Waals surface area (Å²) >= 11 is 7.09. The van der Waals surface area contributed by atoms with Gasteiger partial charge in [-0.1, -0.05) is 16.8 Å². The van der Waals surface area contributed by atoms with Gasteiger partial charge in [0.2, 0.25) is 0 Å². The fraction of sp³-hybridized carbons (Fsp3) is 0.333. The van der Waals surface area contributed by atoms with Crippen molar-refractivity contribution in [2.45, 2.75) is 5.25 Å². The number of halogens is 1. The number of nitrogens with one attached hydrogen (secondary N) is 1. The number of carbonyl (C=O) groups excluding carboxylic acids is 1. The van der Waals surface area contributed by atoms with Crippen LogP contribution < -0.4 is 5.32 Å². The summed E-state index contributed by atoms with van der Waals surface area (Å²) in [4.78, 5) is 16.3. The van der Waals surface area contributed by atoms with Gasteiger partial charge in [-0.3, -0.25) is 10.2 Å². The standard InChI is InChI=1S/C12H13ClN2O4S2/c1-20-11-7-21(17,18)6-10(11)15-19-12(16)14-9-4-2-8(13)3-5-9/h2-5,11H,6-7H2,1H3,(H,14,16)/b15-10-/t11-/m0/s1. The van der Waals surface area contributed by atoms with E-state index in [2.05, 4.69) is 10.5 Å². The monoisotopic (exact) mass is 348 g/mol. The molecule has 1 aliphatic heterocycles. The molecule has 1 atom stereocenters. The van der Waals surface area contributed by atoms with Gasteiger partial charge in [0.15, 0.2) is 9.84 Å². The first-order valence-electron chi connectivity index (χ1n) is 5.93. The highest BCUT2D eigenvalue weighted by molar-refractivity contribution is 8.02. The number of sulfone groups is 1. The van der Waals surface area contributed by atoms with E-state index in [1.807, 2.05) is 0 Å².